The van der Waals surface area contributed by atoms with E-state index < -0.39 is 15.8 Å². The van der Waals surface area contributed by atoms with Crippen LogP contribution in [0.3, 0.4) is 0 Å². The van der Waals surface area contributed by atoms with Crippen molar-refractivity contribution >= 4 is 10.0 Å². The molecule has 1 heterocycles. The Morgan fingerprint density at radius 3 is 2.48 bits per heavy atom. The van der Waals surface area contributed by atoms with Gasteiger partial charge in [0, 0.05) is 12.1 Å². The summed E-state index contributed by atoms with van der Waals surface area (Å²) >= 11 is 0. The molecule has 25 heavy (non-hydrogen) atoms. The Balaban J connectivity index is 1.75. The van der Waals surface area contributed by atoms with E-state index in [9.17, 15) is 12.8 Å². The second-order valence-corrected chi connectivity index (χ2v) is 7.06. The van der Waals surface area contributed by atoms with Gasteiger partial charge in [-0.1, -0.05) is 24.3 Å². The van der Waals surface area contributed by atoms with Gasteiger partial charge in [-0.2, -0.15) is 0 Å². The highest BCUT2D eigenvalue weighted by atomic mass is 32.2. The van der Waals surface area contributed by atoms with Crippen molar-refractivity contribution in [3.05, 3.63) is 72.4 Å². The lowest BCUT2D eigenvalue weighted by molar-refractivity contribution is 0.400. The van der Waals surface area contributed by atoms with Gasteiger partial charge < -0.3 is 9.15 Å². The molecule has 1 N–H and O–H groups in total. The predicted octanol–water partition coefficient (Wildman–Crippen LogP) is 3.57. The van der Waals surface area contributed by atoms with E-state index in [1.54, 1.807) is 12.5 Å². The molecule has 0 radical (unpaired) electrons. The number of furan rings is 1. The van der Waals surface area contributed by atoms with E-state index in [1.807, 2.05) is 30.3 Å². The second-order valence-electron chi connectivity index (χ2n) is 5.33. The molecular weight excluding hydrogens is 345 g/mol. The molecule has 0 aliphatic heterocycles. The molecule has 5 nitrogen and oxygen atoms in total. The number of methoxy groups -OCH3 is 1. The number of hydrogen-bond donors (Lipinski definition) is 1. The number of nitrogens with one attached hydrogen (secondary N) is 1. The summed E-state index contributed by atoms with van der Waals surface area (Å²) in [4.78, 5) is -0.231. The second kappa shape index (κ2) is 7.08. The molecule has 7 heteroatoms. The quantitative estimate of drug-likeness (QED) is 0.729. The molecule has 2 aromatic carbocycles. The van der Waals surface area contributed by atoms with Gasteiger partial charge in [-0.25, -0.2) is 17.5 Å². The van der Waals surface area contributed by atoms with Crippen LogP contribution in [0.2, 0.25) is 0 Å². The molecular formula is C18H16FNO4S. The zero-order valence-electron chi connectivity index (χ0n) is 13.4. The Labute approximate surface area is 145 Å². The van der Waals surface area contributed by atoms with Crippen molar-refractivity contribution in [3.8, 4) is 16.9 Å². The number of sulfonamides is 1. The number of halogens is 1. The maximum atomic E-state index is 13.4. The third-order valence-electron chi connectivity index (χ3n) is 3.69. The highest BCUT2D eigenvalue weighted by molar-refractivity contribution is 7.89. The fourth-order valence-corrected chi connectivity index (χ4v) is 3.56. The molecule has 0 spiro atoms. The molecule has 0 saturated heterocycles. The first-order valence-electron chi connectivity index (χ1n) is 7.44. The van der Waals surface area contributed by atoms with E-state index in [2.05, 4.69) is 4.72 Å². The number of rotatable bonds is 6. The van der Waals surface area contributed by atoms with Gasteiger partial charge in [-0.3, -0.25) is 0 Å². The van der Waals surface area contributed by atoms with Gasteiger partial charge >= 0.3 is 0 Å². The van der Waals surface area contributed by atoms with Crippen molar-refractivity contribution < 1.29 is 22.0 Å². The van der Waals surface area contributed by atoms with Crippen molar-refractivity contribution in [3.63, 3.8) is 0 Å². The summed E-state index contributed by atoms with van der Waals surface area (Å²) in [6, 6.07) is 12.6. The van der Waals surface area contributed by atoms with Crippen molar-refractivity contribution in [1.82, 2.24) is 4.72 Å². The van der Waals surface area contributed by atoms with Crippen molar-refractivity contribution in [2.45, 2.75) is 11.4 Å². The summed E-state index contributed by atoms with van der Waals surface area (Å²) in [6.07, 6.45) is 3.22. The molecule has 0 unspecified atom stereocenters. The highest BCUT2D eigenvalue weighted by Gasteiger charge is 2.20. The molecule has 130 valence electrons. The lowest BCUT2D eigenvalue weighted by Gasteiger charge is -2.11. The normalized spacial score (nSPS) is 11.4. The standard InChI is InChI=1S/C18H16FNO4S/c1-23-17-7-6-16(19)10-18(17)25(21,22)20-11-13-2-4-14(5-3-13)15-8-9-24-12-15/h2-10,12,20H,11H2,1H3. The Bertz CT molecular complexity index is 951. The van der Waals surface area contributed by atoms with Gasteiger partial charge in [0.25, 0.3) is 0 Å². The summed E-state index contributed by atoms with van der Waals surface area (Å²) in [5, 5.41) is 0. The van der Waals surface area contributed by atoms with E-state index in [0.717, 1.165) is 28.8 Å². The Hall–Kier alpha value is -2.64. The average molecular weight is 361 g/mol. The fraction of sp³-hybridized carbons (Fsp3) is 0.111. The van der Waals surface area contributed by atoms with Gasteiger partial charge in [0.05, 0.1) is 19.6 Å². The molecule has 0 bridgehead atoms. The molecule has 0 fully saturated rings. The van der Waals surface area contributed by atoms with Gasteiger partial charge in [-0.05, 0) is 35.4 Å². The summed E-state index contributed by atoms with van der Waals surface area (Å²) in [7, 11) is -2.57. The third kappa shape index (κ3) is 3.89. The fourth-order valence-electron chi connectivity index (χ4n) is 2.36. The van der Waals surface area contributed by atoms with E-state index in [1.165, 1.54) is 13.2 Å². The summed E-state index contributed by atoms with van der Waals surface area (Å²) in [6.45, 7) is 0.0771. The molecule has 3 rings (SSSR count). The van der Waals surface area contributed by atoms with Crippen molar-refractivity contribution in [2.24, 2.45) is 0 Å². The monoisotopic (exact) mass is 361 g/mol. The first kappa shape index (κ1) is 17.2. The van der Waals surface area contributed by atoms with Crippen LogP contribution >= 0.6 is 0 Å². The predicted molar refractivity (Wildman–Crippen MR) is 91.1 cm³/mol. The van der Waals surface area contributed by atoms with Crippen LogP contribution in [0.4, 0.5) is 4.39 Å². The van der Waals surface area contributed by atoms with Crippen LogP contribution in [0, 0.1) is 5.82 Å². The summed E-state index contributed by atoms with van der Waals surface area (Å²) in [5.74, 6) is -0.560. The largest absolute Gasteiger partial charge is 0.495 e. The maximum absolute atomic E-state index is 13.4. The maximum Gasteiger partial charge on any atom is 0.244 e. The van der Waals surface area contributed by atoms with E-state index in [0.29, 0.717) is 0 Å². The van der Waals surface area contributed by atoms with Gasteiger partial charge in [0.1, 0.15) is 16.5 Å². The highest BCUT2D eigenvalue weighted by Crippen LogP contribution is 2.25. The van der Waals surface area contributed by atoms with Gasteiger partial charge in [0.15, 0.2) is 0 Å². The molecule has 0 atom stereocenters. The summed E-state index contributed by atoms with van der Waals surface area (Å²) in [5.41, 5.74) is 2.68. The Kier molecular flexibility index (Phi) is 4.87. The average Bonchev–Trinajstić information content (AvgIpc) is 3.15. The third-order valence-corrected chi connectivity index (χ3v) is 5.11. The van der Waals surface area contributed by atoms with Crippen molar-refractivity contribution in [2.75, 3.05) is 7.11 Å². The lowest BCUT2D eigenvalue weighted by Crippen LogP contribution is -2.23. The van der Waals surface area contributed by atoms with E-state index in [4.69, 9.17) is 9.15 Å². The summed E-state index contributed by atoms with van der Waals surface area (Å²) < 4.78 is 50.7. The minimum Gasteiger partial charge on any atom is -0.495 e. The minimum atomic E-state index is -3.91. The van der Waals surface area contributed by atoms with Crippen LogP contribution in [0.15, 0.2) is 70.4 Å². The number of benzene rings is 2. The molecule has 0 amide bonds. The topological polar surface area (TPSA) is 68.5 Å². The lowest BCUT2D eigenvalue weighted by atomic mass is 10.1. The first-order chi connectivity index (χ1) is 12.0. The number of hydrogen-bond acceptors (Lipinski definition) is 4. The van der Waals surface area contributed by atoms with Crippen LogP contribution in [0.5, 0.6) is 5.75 Å². The molecule has 0 aliphatic carbocycles. The zero-order valence-corrected chi connectivity index (χ0v) is 14.2. The zero-order chi connectivity index (χ0) is 17.9. The van der Waals surface area contributed by atoms with Gasteiger partial charge in [-0.15, -0.1) is 0 Å². The Morgan fingerprint density at radius 1 is 1.08 bits per heavy atom. The minimum absolute atomic E-state index is 0.0771. The Morgan fingerprint density at radius 2 is 1.84 bits per heavy atom. The molecule has 1 aromatic heterocycles. The molecule has 3 aromatic rings. The van der Waals surface area contributed by atoms with Crippen LogP contribution in [0.1, 0.15) is 5.56 Å². The van der Waals surface area contributed by atoms with Crippen LogP contribution in [-0.2, 0) is 16.6 Å². The van der Waals surface area contributed by atoms with E-state index >= 15 is 0 Å². The number of ether oxygens (including phenoxy) is 1. The van der Waals surface area contributed by atoms with Crippen LogP contribution in [0.25, 0.3) is 11.1 Å². The van der Waals surface area contributed by atoms with Crippen molar-refractivity contribution in [1.29, 1.82) is 0 Å². The smallest absolute Gasteiger partial charge is 0.244 e. The first-order valence-corrected chi connectivity index (χ1v) is 8.92. The van der Waals surface area contributed by atoms with Crippen LogP contribution < -0.4 is 9.46 Å². The molecule has 0 aliphatic rings. The van der Waals surface area contributed by atoms with E-state index in [-0.39, 0.29) is 17.2 Å². The SMILES string of the molecule is COc1ccc(F)cc1S(=O)(=O)NCc1ccc(-c2ccoc2)cc1. The van der Waals surface area contributed by atoms with Gasteiger partial charge in [0.2, 0.25) is 10.0 Å². The van der Waals surface area contributed by atoms with Crippen LogP contribution in [-0.4, -0.2) is 15.5 Å². The molecule has 0 saturated carbocycles.